The lowest BCUT2D eigenvalue weighted by Crippen LogP contribution is -2.29. The Morgan fingerprint density at radius 2 is 2.05 bits per heavy atom. The first-order chi connectivity index (χ1) is 10.0. The van der Waals surface area contributed by atoms with Gasteiger partial charge in [0.25, 0.3) is 5.89 Å². The van der Waals surface area contributed by atoms with Crippen molar-refractivity contribution in [2.24, 2.45) is 5.92 Å². The van der Waals surface area contributed by atoms with Crippen LogP contribution in [0.1, 0.15) is 39.4 Å². The summed E-state index contributed by atoms with van der Waals surface area (Å²) >= 11 is 0. The van der Waals surface area contributed by atoms with E-state index in [0.717, 1.165) is 5.56 Å². The van der Waals surface area contributed by atoms with Gasteiger partial charge in [-0.1, -0.05) is 32.9 Å². The Morgan fingerprint density at radius 1 is 1.29 bits per heavy atom. The van der Waals surface area contributed by atoms with Gasteiger partial charge in [-0.25, -0.2) is 4.98 Å². The molecule has 0 spiro atoms. The van der Waals surface area contributed by atoms with Gasteiger partial charge in [-0.2, -0.15) is 4.98 Å². The Kier molecular flexibility index (Phi) is 4.90. The van der Waals surface area contributed by atoms with Crippen LogP contribution in [0.25, 0.3) is 11.5 Å². The molecule has 0 aromatic carbocycles. The third-order valence-corrected chi connectivity index (χ3v) is 3.30. The minimum Gasteiger partial charge on any atom is -0.394 e. The average molecular weight is 290 g/mol. The van der Waals surface area contributed by atoms with Crippen molar-refractivity contribution < 1.29 is 9.63 Å². The molecule has 0 saturated heterocycles. The number of rotatable bonds is 6. The zero-order valence-electron chi connectivity index (χ0n) is 12.9. The zero-order chi connectivity index (χ0) is 15.4. The molecule has 0 amide bonds. The number of anilines is 1. The van der Waals surface area contributed by atoms with Crippen LogP contribution < -0.4 is 5.32 Å². The molecule has 0 unspecified atom stereocenters. The van der Waals surface area contributed by atoms with E-state index in [-0.39, 0.29) is 18.6 Å². The summed E-state index contributed by atoms with van der Waals surface area (Å²) in [4.78, 5) is 8.64. The van der Waals surface area contributed by atoms with Gasteiger partial charge in [-0.15, -0.1) is 0 Å². The second-order valence-electron chi connectivity index (χ2n) is 5.72. The van der Waals surface area contributed by atoms with Crippen molar-refractivity contribution in [2.75, 3.05) is 11.9 Å². The van der Waals surface area contributed by atoms with Crippen LogP contribution in [0.15, 0.2) is 22.9 Å². The highest BCUT2D eigenvalue weighted by atomic mass is 16.5. The molecular weight excluding hydrogens is 268 g/mol. The number of aromatic nitrogens is 3. The summed E-state index contributed by atoms with van der Waals surface area (Å²) in [5.74, 6) is 2.38. The van der Waals surface area contributed by atoms with E-state index >= 15 is 0 Å². The molecule has 2 aromatic heterocycles. The van der Waals surface area contributed by atoms with Crippen molar-refractivity contribution >= 4 is 5.82 Å². The largest absolute Gasteiger partial charge is 0.394 e. The van der Waals surface area contributed by atoms with Gasteiger partial charge in [-0.05, 0) is 18.1 Å². The molecular formula is C15H22N4O2. The smallest absolute Gasteiger partial charge is 0.258 e. The number of pyridine rings is 1. The Labute approximate surface area is 124 Å². The van der Waals surface area contributed by atoms with E-state index < -0.39 is 0 Å². The van der Waals surface area contributed by atoms with Crippen LogP contribution in [0.2, 0.25) is 0 Å². The Balaban J connectivity index is 2.20. The summed E-state index contributed by atoms with van der Waals surface area (Å²) in [7, 11) is 0. The van der Waals surface area contributed by atoms with Crippen LogP contribution in [0.4, 0.5) is 5.82 Å². The van der Waals surface area contributed by atoms with Crippen molar-refractivity contribution in [3.63, 3.8) is 0 Å². The lowest BCUT2D eigenvalue weighted by Gasteiger charge is -2.20. The SMILES string of the molecule is CC(C)c1noc(-c2ccnc(N[C@H](CO)C(C)C)c2)n1. The van der Waals surface area contributed by atoms with Gasteiger partial charge in [0.05, 0.1) is 12.6 Å². The van der Waals surface area contributed by atoms with Gasteiger partial charge >= 0.3 is 0 Å². The molecule has 6 nitrogen and oxygen atoms in total. The quantitative estimate of drug-likeness (QED) is 0.851. The predicted molar refractivity (Wildman–Crippen MR) is 81.0 cm³/mol. The molecule has 2 aromatic rings. The molecule has 6 heteroatoms. The molecule has 0 saturated carbocycles. The molecule has 2 rings (SSSR count). The summed E-state index contributed by atoms with van der Waals surface area (Å²) in [6, 6.07) is 3.64. The van der Waals surface area contributed by atoms with E-state index in [4.69, 9.17) is 4.52 Å². The van der Waals surface area contributed by atoms with Gasteiger partial charge in [0.2, 0.25) is 0 Å². The van der Waals surface area contributed by atoms with Gasteiger partial charge in [-0.3, -0.25) is 0 Å². The Bertz CT molecular complexity index is 581. The third kappa shape index (κ3) is 3.78. The first-order valence-corrected chi connectivity index (χ1v) is 7.18. The number of nitrogens with zero attached hydrogens (tertiary/aromatic N) is 3. The highest BCUT2D eigenvalue weighted by Gasteiger charge is 2.15. The number of nitrogens with one attached hydrogen (secondary N) is 1. The fraction of sp³-hybridized carbons (Fsp3) is 0.533. The summed E-state index contributed by atoms with van der Waals surface area (Å²) in [5, 5.41) is 16.6. The lowest BCUT2D eigenvalue weighted by atomic mass is 10.1. The number of hydrogen-bond donors (Lipinski definition) is 2. The first-order valence-electron chi connectivity index (χ1n) is 7.18. The van der Waals surface area contributed by atoms with E-state index in [0.29, 0.717) is 23.5 Å². The van der Waals surface area contributed by atoms with Gasteiger partial charge in [0.15, 0.2) is 5.82 Å². The van der Waals surface area contributed by atoms with E-state index in [9.17, 15) is 5.11 Å². The van der Waals surface area contributed by atoms with Gasteiger partial charge in [0, 0.05) is 17.7 Å². The van der Waals surface area contributed by atoms with Gasteiger partial charge < -0.3 is 14.9 Å². The fourth-order valence-corrected chi connectivity index (χ4v) is 1.84. The molecule has 0 fully saturated rings. The minimum atomic E-state index is -0.0401. The molecule has 2 N–H and O–H groups in total. The topological polar surface area (TPSA) is 84.1 Å². The molecule has 0 radical (unpaired) electrons. The molecule has 0 aliphatic carbocycles. The summed E-state index contributed by atoms with van der Waals surface area (Å²) < 4.78 is 5.28. The van der Waals surface area contributed by atoms with Crippen LogP contribution in [-0.4, -0.2) is 32.9 Å². The molecule has 0 bridgehead atoms. The van der Waals surface area contributed by atoms with Crippen LogP contribution in [0, 0.1) is 5.92 Å². The van der Waals surface area contributed by atoms with Crippen molar-refractivity contribution in [3.8, 4) is 11.5 Å². The maximum Gasteiger partial charge on any atom is 0.258 e. The monoisotopic (exact) mass is 290 g/mol. The van der Waals surface area contributed by atoms with Gasteiger partial charge in [0.1, 0.15) is 5.82 Å². The average Bonchev–Trinajstić information content (AvgIpc) is 2.95. The van der Waals surface area contributed by atoms with E-state index in [1.165, 1.54) is 0 Å². The maximum absolute atomic E-state index is 9.38. The predicted octanol–water partition coefficient (Wildman–Crippen LogP) is 2.68. The first kappa shape index (κ1) is 15.4. The maximum atomic E-state index is 9.38. The van der Waals surface area contributed by atoms with E-state index in [1.807, 2.05) is 39.8 Å². The minimum absolute atomic E-state index is 0.0401. The molecule has 114 valence electrons. The lowest BCUT2D eigenvalue weighted by molar-refractivity contribution is 0.249. The number of aliphatic hydroxyl groups is 1. The van der Waals surface area contributed by atoms with Crippen LogP contribution in [0.5, 0.6) is 0 Å². The van der Waals surface area contributed by atoms with Crippen molar-refractivity contribution in [2.45, 2.75) is 39.7 Å². The van der Waals surface area contributed by atoms with Crippen LogP contribution in [-0.2, 0) is 0 Å². The third-order valence-electron chi connectivity index (χ3n) is 3.30. The molecule has 0 aliphatic heterocycles. The number of aliphatic hydroxyl groups excluding tert-OH is 1. The number of hydrogen-bond acceptors (Lipinski definition) is 6. The van der Waals surface area contributed by atoms with Crippen LogP contribution in [0.3, 0.4) is 0 Å². The summed E-state index contributed by atoms with van der Waals surface area (Å²) in [5.41, 5.74) is 0.812. The molecule has 2 heterocycles. The van der Waals surface area contributed by atoms with E-state index in [1.54, 1.807) is 6.20 Å². The van der Waals surface area contributed by atoms with Crippen molar-refractivity contribution in [1.29, 1.82) is 0 Å². The standard InChI is InChI=1S/C15H22N4O2/c1-9(2)12(8-20)17-13-7-11(5-6-16-13)15-18-14(10(3)4)19-21-15/h5-7,9-10,12,20H,8H2,1-4H3,(H,16,17)/t12-/m1/s1. The second kappa shape index (κ2) is 6.67. The zero-order valence-corrected chi connectivity index (χ0v) is 12.9. The highest BCUT2D eigenvalue weighted by molar-refractivity contribution is 5.58. The highest BCUT2D eigenvalue weighted by Crippen LogP contribution is 2.22. The Hall–Kier alpha value is -1.95. The Morgan fingerprint density at radius 3 is 2.62 bits per heavy atom. The normalized spacial score (nSPS) is 12.9. The van der Waals surface area contributed by atoms with Crippen molar-refractivity contribution in [1.82, 2.24) is 15.1 Å². The fourth-order valence-electron chi connectivity index (χ4n) is 1.84. The molecule has 0 aliphatic rings. The van der Waals surface area contributed by atoms with Crippen LogP contribution >= 0.6 is 0 Å². The van der Waals surface area contributed by atoms with E-state index in [2.05, 4.69) is 20.4 Å². The summed E-state index contributed by atoms with van der Waals surface area (Å²) in [6.07, 6.45) is 1.69. The molecule has 1 atom stereocenters. The molecule has 21 heavy (non-hydrogen) atoms. The van der Waals surface area contributed by atoms with Crippen molar-refractivity contribution in [3.05, 3.63) is 24.2 Å². The second-order valence-corrected chi connectivity index (χ2v) is 5.72. The summed E-state index contributed by atoms with van der Waals surface area (Å²) in [6.45, 7) is 8.18.